The van der Waals surface area contributed by atoms with E-state index in [1.165, 1.54) is 6.07 Å². The van der Waals surface area contributed by atoms with Gasteiger partial charge >= 0.3 is 6.61 Å². The van der Waals surface area contributed by atoms with Crippen molar-refractivity contribution in [2.24, 2.45) is 4.99 Å². The molecular formula is C20H31F2N3O4. The predicted octanol–water partition coefficient (Wildman–Crippen LogP) is 2.94. The zero-order valence-corrected chi connectivity index (χ0v) is 17.1. The largest absolute Gasteiger partial charge is 0.490 e. The fourth-order valence-electron chi connectivity index (χ4n) is 2.80. The molecule has 1 aliphatic heterocycles. The maximum Gasteiger partial charge on any atom is 0.387 e. The van der Waals surface area contributed by atoms with Gasteiger partial charge in [-0.25, -0.2) is 4.99 Å². The maximum atomic E-state index is 12.5. The van der Waals surface area contributed by atoms with Crippen molar-refractivity contribution in [3.63, 3.8) is 0 Å². The summed E-state index contributed by atoms with van der Waals surface area (Å²) in [5.74, 6) is 0.987. The molecule has 0 bridgehead atoms. The summed E-state index contributed by atoms with van der Waals surface area (Å²) in [6.45, 7) is 5.20. The Bertz CT molecular complexity index is 626. The van der Waals surface area contributed by atoms with E-state index in [4.69, 9.17) is 14.2 Å². The lowest BCUT2D eigenvalue weighted by Gasteiger charge is -2.14. The van der Waals surface area contributed by atoms with E-state index < -0.39 is 6.61 Å². The number of nitrogens with zero attached hydrogens (tertiary/aromatic N) is 1. The smallest absolute Gasteiger partial charge is 0.387 e. The third kappa shape index (κ3) is 8.82. The number of nitrogens with one attached hydrogen (secondary N) is 2. The molecule has 2 rings (SSSR count). The van der Waals surface area contributed by atoms with Crippen molar-refractivity contribution in [2.45, 2.75) is 45.9 Å². The van der Waals surface area contributed by atoms with E-state index in [1.807, 2.05) is 6.92 Å². The Labute approximate surface area is 170 Å². The number of halogens is 2. The van der Waals surface area contributed by atoms with E-state index in [0.717, 1.165) is 38.1 Å². The van der Waals surface area contributed by atoms with Gasteiger partial charge in [0.2, 0.25) is 0 Å². The highest BCUT2D eigenvalue weighted by atomic mass is 19.3. The summed E-state index contributed by atoms with van der Waals surface area (Å²) in [6.07, 6.45) is 2.03. The van der Waals surface area contributed by atoms with Gasteiger partial charge in [0.05, 0.1) is 25.9 Å². The van der Waals surface area contributed by atoms with Gasteiger partial charge in [-0.05, 0) is 44.4 Å². The molecular weight excluding hydrogens is 384 g/mol. The average Bonchev–Trinajstić information content (AvgIpc) is 3.21. The van der Waals surface area contributed by atoms with Crippen LogP contribution in [-0.2, 0) is 16.0 Å². The van der Waals surface area contributed by atoms with Crippen LogP contribution >= 0.6 is 0 Å². The lowest BCUT2D eigenvalue weighted by atomic mass is 10.2. The second-order valence-corrected chi connectivity index (χ2v) is 6.42. The van der Waals surface area contributed by atoms with Gasteiger partial charge in [-0.2, -0.15) is 8.78 Å². The van der Waals surface area contributed by atoms with Crippen LogP contribution in [0.25, 0.3) is 0 Å². The number of benzene rings is 1. The summed E-state index contributed by atoms with van der Waals surface area (Å²) < 4.78 is 45.9. The molecule has 9 heteroatoms. The summed E-state index contributed by atoms with van der Waals surface area (Å²) in [4.78, 5) is 4.54. The minimum Gasteiger partial charge on any atom is -0.490 e. The number of hydrogen-bond donors (Lipinski definition) is 2. The highest BCUT2D eigenvalue weighted by Crippen LogP contribution is 2.30. The van der Waals surface area contributed by atoms with Crippen LogP contribution in [0.15, 0.2) is 23.2 Å². The van der Waals surface area contributed by atoms with Crippen molar-refractivity contribution >= 4 is 5.96 Å². The minimum atomic E-state index is -2.90. The van der Waals surface area contributed by atoms with Crippen LogP contribution in [0, 0.1) is 0 Å². The van der Waals surface area contributed by atoms with E-state index in [2.05, 4.69) is 20.4 Å². The summed E-state index contributed by atoms with van der Waals surface area (Å²) in [5, 5.41) is 6.45. The maximum absolute atomic E-state index is 12.5. The van der Waals surface area contributed by atoms with Crippen molar-refractivity contribution in [1.29, 1.82) is 0 Å². The number of hydrogen-bond acceptors (Lipinski definition) is 5. The number of ether oxygens (including phenoxy) is 4. The van der Waals surface area contributed by atoms with Crippen molar-refractivity contribution in [2.75, 3.05) is 39.5 Å². The monoisotopic (exact) mass is 415 g/mol. The Morgan fingerprint density at radius 1 is 1.28 bits per heavy atom. The molecule has 1 fully saturated rings. The zero-order chi connectivity index (χ0) is 20.9. The first kappa shape index (κ1) is 23.2. The second kappa shape index (κ2) is 13.2. The Morgan fingerprint density at radius 3 is 2.83 bits per heavy atom. The lowest BCUT2D eigenvalue weighted by molar-refractivity contribution is -0.0514. The van der Waals surface area contributed by atoms with Gasteiger partial charge in [0, 0.05) is 26.3 Å². The first-order valence-corrected chi connectivity index (χ1v) is 10.0. The summed E-state index contributed by atoms with van der Waals surface area (Å²) in [6, 6.07) is 4.85. The number of aliphatic imine (C=N–C) groups is 1. The topological polar surface area (TPSA) is 73.3 Å². The number of alkyl halides is 2. The molecule has 29 heavy (non-hydrogen) atoms. The first-order valence-electron chi connectivity index (χ1n) is 10.0. The molecule has 0 saturated carbocycles. The van der Waals surface area contributed by atoms with Crippen LogP contribution in [0.4, 0.5) is 8.78 Å². The van der Waals surface area contributed by atoms with Gasteiger partial charge in [0.25, 0.3) is 0 Å². The van der Waals surface area contributed by atoms with E-state index in [9.17, 15) is 8.78 Å². The molecule has 0 spiro atoms. The van der Waals surface area contributed by atoms with E-state index >= 15 is 0 Å². The van der Waals surface area contributed by atoms with Gasteiger partial charge in [0.1, 0.15) is 0 Å². The van der Waals surface area contributed by atoms with Gasteiger partial charge < -0.3 is 29.6 Å². The third-order valence-electron chi connectivity index (χ3n) is 4.14. The lowest BCUT2D eigenvalue weighted by Crippen LogP contribution is -2.38. The Morgan fingerprint density at radius 2 is 2.14 bits per heavy atom. The average molecular weight is 415 g/mol. The van der Waals surface area contributed by atoms with Crippen molar-refractivity contribution in [3.05, 3.63) is 23.8 Å². The Kier molecular flexibility index (Phi) is 10.5. The van der Waals surface area contributed by atoms with Crippen molar-refractivity contribution in [3.8, 4) is 11.5 Å². The summed E-state index contributed by atoms with van der Waals surface area (Å²) >= 11 is 0. The molecule has 164 valence electrons. The van der Waals surface area contributed by atoms with E-state index in [0.29, 0.717) is 32.3 Å². The molecule has 1 atom stereocenters. The molecule has 0 amide bonds. The molecule has 2 N–H and O–H groups in total. The molecule has 1 heterocycles. The molecule has 0 aliphatic carbocycles. The Hall–Kier alpha value is -2.13. The van der Waals surface area contributed by atoms with Crippen LogP contribution in [0.3, 0.4) is 0 Å². The fraction of sp³-hybridized carbons (Fsp3) is 0.650. The zero-order valence-electron chi connectivity index (χ0n) is 17.1. The third-order valence-corrected chi connectivity index (χ3v) is 4.14. The molecule has 7 nitrogen and oxygen atoms in total. The Balaban J connectivity index is 1.84. The quantitative estimate of drug-likeness (QED) is 0.311. The molecule has 1 aromatic carbocycles. The van der Waals surface area contributed by atoms with Crippen molar-refractivity contribution in [1.82, 2.24) is 10.6 Å². The number of guanidine groups is 1. The standard InChI is InChI=1S/C20H31F2N3O4/c1-3-23-20(24-9-5-10-28-16-8-11-26-14-16)25-13-15-6-7-17(29-19(21)22)18(12-15)27-4-2/h6-7,12,16,19H,3-5,8-11,13-14H2,1-2H3,(H2,23,24,25). The van der Waals surface area contributed by atoms with E-state index in [1.54, 1.807) is 19.1 Å². The van der Waals surface area contributed by atoms with E-state index in [-0.39, 0.29) is 17.6 Å². The molecule has 1 aliphatic rings. The van der Waals surface area contributed by atoms with Crippen molar-refractivity contribution < 1.29 is 27.7 Å². The van der Waals surface area contributed by atoms with Gasteiger partial charge in [-0.3, -0.25) is 0 Å². The highest BCUT2D eigenvalue weighted by Gasteiger charge is 2.15. The first-order chi connectivity index (χ1) is 14.1. The SMILES string of the molecule is CCNC(=NCc1ccc(OC(F)F)c(OCC)c1)NCCCOC1CCOC1. The normalized spacial score (nSPS) is 16.9. The number of rotatable bonds is 12. The molecule has 1 saturated heterocycles. The van der Waals surface area contributed by atoms with Gasteiger partial charge in [0.15, 0.2) is 17.5 Å². The molecule has 0 aromatic heterocycles. The van der Waals surface area contributed by atoms with Crippen LogP contribution in [-0.4, -0.2) is 58.2 Å². The minimum absolute atomic E-state index is 0.0206. The predicted molar refractivity (Wildman–Crippen MR) is 107 cm³/mol. The van der Waals surface area contributed by atoms with Gasteiger partial charge in [-0.15, -0.1) is 0 Å². The van der Waals surface area contributed by atoms with Crippen LogP contribution in [0.1, 0.15) is 32.3 Å². The van der Waals surface area contributed by atoms with Crippen LogP contribution in [0.2, 0.25) is 0 Å². The van der Waals surface area contributed by atoms with Crippen LogP contribution < -0.4 is 20.1 Å². The highest BCUT2D eigenvalue weighted by molar-refractivity contribution is 5.79. The molecule has 0 radical (unpaired) electrons. The molecule has 1 aromatic rings. The summed E-state index contributed by atoms with van der Waals surface area (Å²) in [7, 11) is 0. The van der Waals surface area contributed by atoms with Crippen LogP contribution in [0.5, 0.6) is 11.5 Å². The van der Waals surface area contributed by atoms with Gasteiger partial charge in [-0.1, -0.05) is 6.07 Å². The summed E-state index contributed by atoms with van der Waals surface area (Å²) in [5.41, 5.74) is 0.830. The molecule has 1 unspecified atom stereocenters. The second-order valence-electron chi connectivity index (χ2n) is 6.42. The fourth-order valence-corrected chi connectivity index (χ4v) is 2.80.